The van der Waals surface area contributed by atoms with Gasteiger partial charge in [-0.05, 0) is 80.2 Å². The standard InChI is InChI=1S/C27H40N2O4/c1-17(2)4-3-5-25(32)28-22-14-27(33)24-12-19-8-9-20(30)13-21(19)26(27,15-23(22)31)10-11-29(24)16-18-6-7-18/h8-9,13,17-18,22-24,30-31,33H,3-7,10-12,14-16H2,1-2H3,(H,28,32)/t22-,23+,24+,26+,27+/m0/s1. The summed E-state index contributed by atoms with van der Waals surface area (Å²) in [6, 6.07) is 5.06. The zero-order chi connectivity index (χ0) is 23.4. The van der Waals surface area contributed by atoms with Crippen LogP contribution in [-0.4, -0.2) is 63.0 Å². The van der Waals surface area contributed by atoms with E-state index in [1.807, 2.05) is 12.1 Å². The summed E-state index contributed by atoms with van der Waals surface area (Å²) in [5, 5.41) is 37.0. The van der Waals surface area contributed by atoms with Crippen molar-refractivity contribution in [2.24, 2.45) is 11.8 Å². The summed E-state index contributed by atoms with van der Waals surface area (Å²) in [5.74, 6) is 1.47. The first-order valence-corrected chi connectivity index (χ1v) is 13.0. The Morgan fingerprint density at radius 3 is 2.79 bits per heavy atom. The number of likely N-dealkylation sites (tertiary alicyclic amines) is 1. The van der Waals surface area contributed by atoms with Crippen LogP contribution in [0, 0.1) is 11.8 Å². The highest BCUT2D eigenvalue weighted by atomic mass is 16.3. The van der Waals surface area contributed by atoms with Gasteiger partial charge in [-0.3, -0.25) is 9.69 Å². The van der Waals surface area contributed by atoms with Crippen molar-refractivity contribution in [2.45, 2.75) is 101 Å². The number of benzene rings is 1. The van der Waals surface area contributed by atoms with E-state index >= 15 is 0 Å². The number of hydrogen-bond donors (Lipinski definition) is 4. The fourth-order valence-electron chi connectivity index (χ4n) is 7.03. The Hall–Kier alpha value is -1.63. The minimum Gasteiger partial charge on any atom is -0.508 e. The van der Waals surface area contributed by atoms with Crippen LogP contribution in [0.3, 0.4) is 0 Å². The third kappa shape index (κ3) is 4.08. The Balaban J connectivity index is 1.43. The van der Waals surface area contributed by atoms with E-state index in [4.69, 9.17) is 0 Å². The van der Waals surface area contributed by atoms with Crippen LogP contribution in [0.4, 0.5) is 0 Å². The Kier molecular flexibility index (Phi) is 5.99. The van der Waals surface area contributed by atoms with Crippen LogP contribution in [0.15, 0.2) is 18.2 Å². The number of aromatic hydroxyl groups is 1. The van der Waals surface area contributed by atoms with E-state index in [2.05, 4.69) is 24.1 Å². The number of fused-ring (bicyclic) bond motifs is 1. The van der Waals surface area contributed by atoms with Crippen LogP contribution < -0.4 is 5.32 Å². The molecule has 2 saturated carbocycles. The maximum Gasteiger partial charge on any atom is 0.220 e. The molecule has 1 aromatic rings. The molecule has 182 valence electrons. The van der Waals surface area contributed by atoms with E-state index in [1.54, 1.807) is 6.07 Å². The summed E-state index contributed by atoms with van der Waals surface area (Å²) in [5.41, 5.74) is 0.526. The number of amides is 1. The summed E-state index contributed by atoms with van der Waals surface area (Å²) < 4.78 is 0. The van der Waals surface area contributed by atoms with Gasteiger partial charge in [-0.15, -0.1) is 0 Å². The quantitative estimate of drug-likeness (QED) is 0.506. The lowest BCUT2D eigenvalue weighted by molar-refractivity contribution is -0.190. The molecule has 0 aromatic heterocycles. The van der Waals surface area contributed by atoms with E-state index in [9.17, 15) is 20.1 Å². The zero-order valence-corrected chi connectivity index (χ0v) is 20.1. The van der Waals surface area contributed by atoms with E-state index in [0.717, 1.165) is 50.3 Å². The van der Waals surface area contributed by atoms with Crippen molar-refractivity contribution in [2.75, 3.05) is 13.1 Å². The lowest BCUT2D eigenvalue weighted by atomic mass is 9.48. The minimum absolute atomic E-state index is 0.0308. The molecule has 4 aliphatic rings. The van der Waals surface area contributed by atoms with Crippen molar-refractivity contribution in [1.29, 1.82) is 0 Å². The smallest absolute Gasteiger partial charge is 0.220 e. The van der Waals surface area contributed by atoms with E-state index in [0.29, 0.717) is 25.2 Å². The molecule has 6 nitrogen and oxygen atoms in total. The summed E-state index contributed by atoms with van der Waals surface area (Å²) in [6.07, 6.45) is 6.38. The fraction of sp³-hybridized carbons (Fsp3) is 0.741. The van der Waals surface area contributed by atoms with Gasteiger partial charge in [0.15, 0.2) is 0 Å². The first-order valence-electron chi connectivity index (χ1n) is 13.0. The van der Waals surface area contributed by atoms with Crippen LogP contribution >= 0.6 is 0 Å². The van der Waals surface area contributed by atoms with Crippen molar-refractivity contribution in [3.8, 4) is 5.75 Å². The van der Waals surface area contributed by atoms with Crippen LogP contribution in [-0.2, 0) is 16.6 Å². The van der Waals surface area contributed by atoms with Gasteiger partial charge in [-0.1, -0.05) is 26.3 Å². The van der Waals surface area contributed by atoms with Crippen molar-refractivity contribution in [1.82, 2.24) is 10.2 Å². The van der Waals surface area contributed by atoms with Crippen LogP contribution in [0.1, 0.15) is 76.3 Å². The topological polar surface area (TPSA) is 93.0 Å². The summed E-state index contributed by atoms with van der Waals surface area (Å²) >= 11 is 0. The van der Waals surface area contributed by atoms with Gasteiger partial charge in [0, 0.05) is 30.8 Å². The number of rotatable bonds is 7. The molecule has 0 radical (unpaired) electrons. The number of nitrogens with one attached hydrogen (secondary N) is 1. The molecule has 33 heavy (non-hydrogen) atoms. The van der Waals surface area contributed by atoms with Gasteiger partial charge in [-0.25, -0.2) is 0 Å². The average molecular weight is 457 g/mol. The molecule has 1 aliphatic heterocycles. The monoisotopic (exact) mass is 456 g/mol. The summed E-state index contributed by atoms with van der Waals surface area (Å²) in [7, 11) is 0. The lowest BCUT2D eigenvalue weighted by Crippen LogP contribution is -2.76. The second-order valence-corrected chi connectivity index (χ2v) is 11.7. The molecule has 4 N–H and O–H groups in total. The first-order chi connectivity index (χ1) is 15.7. The molecular formula is C27H40N2O4. The molecule has 1 heterocycles. The molecule has 1 amide bonds. The number of aliphatic hydroxyl groups is 2. The number of carbonyl (C=O) groups is 1. The zero-order valence-electron chi connectivity index (χ0n) is 20.1. The van der Waals surface area contributed by atoms with E-state index in [1.165, 1.54) is 18.4 Å². The predicted molar refractivity (Wildman–Crippen MR) is 127 cm³/mol. The van der Waals surface area contributed by atoms with Crippen LogP contribution in [0.5, 0.6) is 5.75 Å². The Labute approximate surface area is 197 Å². The van der Waals surface area contributed by atoms with Crippen LogP contribution in [0.2, 0.25) is 0 Å². The minimum atomic E-state index is -1.05. The molecule has 3 aliphatic carbocycles. The summed E-state index contributed by atoms with van der Waals surface area (Å²) in [6.45, 7) is 6.23. The lowest BCUT2D eigenvalue weighted by Gasteiger charge is -2.65. The largest absolute Gasteiger partial charge is 0.508 e. The van der Waals surface area contributed by atoms with Crippen molar-refractivity contribution in [3.63, 3.8) is 0 Å². The number of phenols is 1. The third-order valence-electron chi connectivity index (χ3n) is 8.94. The highest BCUT2D eigenvalue weighted by molar-refractivity contribution is 5.76. The van der Waals surface area contributed by atoms with Gasteiger partial charge in [0.2, 0.25) is 5.91 Å². The maximum atomic E-state index is 12.7. The molecule has 0 unspecified atom stereocenters. The number of phenolic OH excluding ortho intramolecular Hbond substituents is 1. The van der Waals surface area contributed by atoms with Gasteiger partial charge in [0.1, 0.15) is 5.75 Å². The molecular weight excluding hydrogens is 416 g/mol. The highest BCUT2D eigenvalue weighted by Gasteiger charge is 2.66. The number of carbonyl (C=O) groups excluding carboxylic acids is 1. The van der Waals surface area contributed by atoms with Crippen molar-refractivity contribution >= 4 is 5.91 Å². The first kappa shape index (κ1) is 23.1. The Bertz CT molecular complexity index is 900. The third-order valence-corrected chi connectivity index (χ3v) is 8.94. The maximum absolute atomic E-state index is 12.7. The molecule has 6 heteroatoms. The number of piperidine rings is 1. The van der Waals surface area contributed by atoms with Crippen molar-refractivity contribution < 1.29 is 20.1 Å². The second kappa shape index (κ2) is 8.54. The molecule has 1 saturated heterocycles. The molecule has 2 bridgehead atoms. The molecule has 0 spiro atoms. The molecule has 5 atom stereocenters. The van der Waals surface area contributed by atoms with Gasteiger partial charge >= 0.3 is 0 Å². The van der Waals surface area contributed by atoms with Gasteiger partial charge < -0.3 is 20.6 Å². The number of hydrogen-bond acceptors (Lipinski definition) is 5. The second-order valence-electron chi connectivity index (χ2n) is 11.7. The molecule has 5 rings (SSSR count). The normalized spacial score (nSPS) is 35.7. The number of nitrogens with zero attached hydrogens (tertiary/aromatic N) is 1. The summed E-state index contributed by atoms with van der Waals surface area (Å²) in [4.78, 5) is 15.1. The molecule has 1 aromatic carbocycles. The highest BCUT2D eigenvalue weighted by Crippen LogP contribution is 2.58. The Morgan fingerprint density at radius 1 is 1.27 bits per heavy atom. The fourth-order valence-corrected chi connectivity index (χ4v) is 7.03. The average Bonchev–Trinajstić information content (AvgIpc) is 3.55. The van der Waals surface area contributed by atoms with E-state index in [-0.39, 0.29) is 17.7 Å². The van der Waals surface area contributed by atoms with E-state index < -0.39 is 23.2 Å². The SMILES string of the molecule is CC(C)CCCC(=O)N[C@H]1C[C@@]2(O)[C@H]3Cc4ccc(O)cc4[C@@]2(CCN3CC2CC2)C[C@H]1O. The Morgan fingerprint density at radius 2 is 2.06 bits per heavy atom. The van der Waals surface area contributed by atoms with Gasteiger partial charge in [0.05, 0.1) is 17.7 Å². The van der Waals surface area contributed by atoms with Crippen LogP contribution in [0.25, 0.3) is 0 Å². The van der Waals surface area contributed by atoms with Gasteiger partial charge in [0.25, 0.3) is 0 Å². The number of aliphatic hydroxyl groups excluding tert-OH is 1. The molecule has 3 fully saturated rings. The van der Waals surface area contributed by atoms with Crippen molar-refractivity contribution in [3.05, 3.63) is 29.3 Å². The predicted octanol–water partition coefficient (Wildman–Crippen LogP) is 2.87. The van der Waals surface area contributed by atoms with Gasteiger partial charge in [-0.2, -0.15) is 0 Å².